The Labute approximate surface area is 81.3 Å². The lowest BCUT2D eigenvalue weighted by atomic mass is 10.1. The van der Waals surface area contributed by atoms with Gasteiger partial charge in [-0.25, -0.2) is 4.99 Å². The first-order chi connectivity index (χ1) is 6.24. The molecule has 13 heavy (non-hydrogen) atoms. The highest BCUT2D eigenvalue weighted by atomic mass is 32.1. The number of benzene rings is 1. The molecule has 1 aromatic carbocycles. The van der Waals surface area contributed by atoms with E-state index in [4.69, 9.17) is 5.73 Å². The van der Waals surface area contributed by atoms with Crippen molar-refractivity contribution in [3.05, 3.63) is 35.4 Å². The second kappa shape index (κ2) is 4.50. The monoisotopic (exact) mass is 192 g/mol. The van der Waals surface area contributed by atoms with Gasteiger partial charge in [-0.1, -0.05) is 12.1 Å². The van der Waals surface area contributed by atoms with Crippen LogP contribution in [0.25, 0.3) is 0 Å². The van der Waals surface area contributed by atoms with E-state index in [-0.39, 0.29) is 0 Å². The van der Waals surface area contributed by atoms with Gasteiger partial charge in [0.15, 0.2) is 0 Å². The summed E-state index contributed by atoms with van der Waals surface area (Å²) in [5.41, 5.74) is 6.54. The molecular formula is C9H8N2OS. The van der Waals surface area contributed by atoms with Crippen molar-refractivity contribution < 1.29 is 4.79 Å². The summed E-state index contributed by atoms with van der Waals surface area (Å²) in [5.74, 6) is -0.426. The van der Waals surface area contributed by atoms with Gasteiger partial charge in [-0.15, -0.1) is 0 Å². The van der Waals surface area contributed by atoms with E-state index >= 15 is 0 Å². The summed E-state index contributed by atoms with van der Waals surface area (Å²) in [5, 5.41) is 2.27. The van der Waals surface area contributed by atoms with Gasteiger partial charge in [0.25, 0.3) is 0 Å². The van der Waals surface area contributed by atoms with Crippen molar-refractivity contribution in [3.8, 4) is 0 Å². The van der Waals surface area contributed by atoms with Crippen LogP contribution >= 0.6 is 12.2 Å². The van der Waals surface area contributed by atoms with Gasteiger partial charge in [0, 0.05) is 5.56 Å². The van der Waals surface area contributed by atoms with Crippen molar-refractivity contribution in [1.29, 1.82) is 0 Å². The fourth-order valence-electron chi connectivity index (χ4n) is 0.898. The largest absolute Gasteiger partial charge is 0.366 e. The molecule has 0 aromatic heterocycles. The van der Waals surface area contributed by atoms with Crippen molar-refractivity contribution in [2.75, 3.05) is 0 Å². The number of aliphatic imine (C=N–C) groups is 1. The van der Waals surface area contributed by atoms with Crippen molar-refractivity contribution in [2.24, 2.45) is 10.7 Å². The highest BCUT2D eigenvalue weighted by Gasteiger charge is 1.98. The van der Waals surface area contributed by atoms with Crippen LogP contribution in [-0.4, -0.2) is 11.1 Å². The molecule has 0 aliphatic carbocycles. The zero-order valence-electron chi connectivity index (χ0n) is 6.86. The Balaban J connectivity index is 2.80. The van der Waals surface area contributed by atoms with Crippen LogP contribution in [0.3, 0.4) is 0 Å². The third kappa shape index (κ3) is 2.78. The Bertz CT molecular complexity index is 352. The number of hydrogen-bond acceptors (Lipinski definition) is 3. The molecule has 0 saturated carbocycles. The van der Waals surface area contributed by atoms with Gasteiger partial charge in [0.2, 0.25) is 5.91 Å². The molecule has 1 rings (SSSR count). The number of rotatable bonds is 3. The molecule has 0 aliphatic rings. The van der Waals surface area contributed by atoms with E-state index < -0.39 is 5.91 Å². The molecule has 2 N–H and O–H groups in total. The van der Waals surface area contributed by atoms with E-state index in [9.17, 15) is 4.79 Å². The van der Waals surface area contributed by atoms with Crippen LogP contribution in [0.2, 0.25) is 0 Å². The predicted octanol–water partition coefficient (Wildman–Crippen LogP) is 1.39. The highest BCUT2D eigenvalue weighted by molar-refractivity contribution is 7.78. The Kier molecular flexibility index (Phi) is 3.31. The number of carbonyl (C=O) groups is 1. The molecule has 0 saturated heterocycles. The summed E-state index contributed by atoms with van der Waals surface area (Å²) in [6, 6.07) is 6.90. The molecule has 0 spiro atoms. The smallest absolute Gasteiger partial charge is 0.248 e. The van der Waals surface area contributed by atoms with Crippen molar-refractivity contribution in [1.82, 2.24) is 0 Å². The molecule has 0 atom stereocenters. The van der Waals surface area contributed by atoms with Crippen molar-refractivity contribution in [2.45, 2.75) is 6.54 Å². The molecule has 1 aromatic rings. The topological polar surface area (TPSA) is 55.5 Å². The molecule has 4 heteroatoms. The van der Waals surface area contributed by atoms with E-state index in [0.717, 1.165) is 5.56 Å². The number of hydrogen-bond donors (Lipinski definition) is 1. The van der Waals surface area contributed by atoms with Gasteiger partial charge in [-0.2, -0.15) is 0 Å². The number of amides is 1. The molecular weight excluding hydrogens is 184 g/mol. The summed E-state index contributed by atoms with van der Waals surface area (Å²) in [6.45, 7) is 0.489. The van der Waals surface area contributed by atoms with Gasteiger partial charge >= 0.3 is 0 Å². The maximum Gasteiger partial charge on any atom is 0.248 e. The molecule has 66 valence electrons. The number of primary amides is 1. The minimum Gasteiger partial charge on any atom is -0.366 e. The standard InChI is InChI=1S/C9H8N2OS/c10-9(12)8-3-1-7(2-4-8)5-11-6-13/h1-4H,5H2,(H2,10,12). The number of nitrogens with two attached hydrogens (primary N) is 1. The first-order valence-corrected chi connectivity index (χ1v) is 4.07. The number of thiocarbonyl (C=S) groups is 1. The zero-order valence-corrected chi connectivity index (χ0v) is 7.67. The Morgan fingerprint density at radius 2 is 2.08 bits per heavy atom. The van der Waals surface area contributed by atoms with E-state index in [1.807, 2.05) is 0 Å². The highest BCUT2D eigenvalue weighted by Crippen LogP contribution is 2.04. The lowest BCUT2D eigenvalue weighted by Gasteiger charge is -1.96. The maximum atomic E-state index is 10.7. The fourth-order valence-corrected chi connectivity index (χ4v) is 0.963. The van der Waals surface area contributed by atoms with Gasteiger partial charge in [0.05, 0.1) is 11.7 Å². The number of isothiocyanates is 1. The first-order valence-electron chi connectivity index (χ1n) is 3.66. The molecule has 0 bridgehead atoms. The summed E-state index contributed by atoms with van der Waals surface area (Å²) in [7, 11) is 0. The zero-order chi connectivity index (χ0) is 9.68. The molecule has 3 nitrogen and oxygen atoms in total. The minimum absolute atomic E-state index is 0.426. The first kappa shape index (κ1) is 9.58. The quantitative estimate of drug-likeness (QED) is 0.581. The minimum atomic E-state index is -0.426. The van der Waals surface area contributed by atoms with Gasteiger partial charge in [-0.3, -0.25) is 4.79 Å². The summed E-state index contributed by atoms with van der Waals surface area (Å²) in [4.78, 5) is 14.5. The van der Waals surface area contributed by atoms with Crippen LogP contribution < -0.4 is 5.73 Å². The van der Waals surface area contributed by atoms with E-state index in [1.54, 1.807) is 24.3 Å². The Morgan fingerprint density at radius 1 is 1.46 bits per heavy atom. The lowest BCUT2D eigenvalue weighted by Crippen LogP contribution is -2.10. The van der Waals surface area contributed by atoms with Gasteiger partial charge in [-0.05, 0) is 29.9 Å². The molecule has 0 fully saturated rings. The van der Waals surface area contributed by atoms with Crippen LogP contribution in [0.5, 0.6) is 0 Å². The third-order valence-electron chi connectivity index (χ3n) is 1.56. The molecule has 0 heterocycles. The average molecular weight is 192 g/mol. The number of nitrogens with zero attached hydrogens (tertiary/aromatic N) is 1. The second-order valence-corrected chi connectivity index (χ2v) is 2.65. The maximum absolute atomic E-state index is 10.7. The van der Waals surface area contributed by atoms with Crippen molar-refractivity contribution in [3.63, 3.8) is 0 Å². The Morgan fingerprint density at radius 3 is 2.54 bits per heavy atom. The summed E-state index contributed by atoms with van der Waals surface area (Å²) < 4.78 is 0. The fraction of sp³-hybridized carbons (Fsp3) is 0.111. The summed E-state index contributed by atoms with van der Waals surface area (Å²) >= 11 is 4.43. The number of carbonyl (C=O) groups excluding carboxylic acids is 1. The van der Waals surface area contributed by atoms with E-state index in [2.05, 4.69) is 22.4 Å². The normalized spacial score (nSPS) is 8.92. The van der Waals surface area contributed by atoms with E-state index in [1.165, 1.54) is 0 Å². The molecule has 0 unspecified atom stereocenters. The molecule has 1 amide bonds. The van der Waals surface area contributed by atoms with Crippen LogP contribution in [-0.2, 0) is 6.54 Å². The van der Waals surface area contributed by atoms with E-state index in [0.29, 0.717) is 12.1 Å². The summed E-state index contributed by atoms with van der Waals surface area (Å²) in [6.07, 6.45) is 0. The predicted molar refractivity (Wildman–Crippen MR) is 53.7 cm³/mol. The SMILES string of the molecule is NC(=O)c1ccc(CN=C=S)cc1. The second-order valence-electron chi connectivity index (χ2n) is 2.47. The molecule has 0 radical (unpaired) electrons. The lowest BCUT2D eigenvalue weighted by molar-refractivity contribution is 0.100. The Hall–Kier alpha value is -1.51. The van der Waals surface area contributed by atoms with Crippen molar-refractivity contribution >= 4 is 23.3 Å². The van der Waals surface area contributed by atoms with Crippen LogP contribution in [0.4, 0.5) is 0 Å². The van der Waals surface area contributed by atoms with Crippen LogP contribution in [0.1, 0.15) is 15.9 Å². The van der Waals surface area contributed by atoms with Crippen LogP contribution in [0, 0.1) is 0 Å². The average Bonchev–Trinajstić information content (AvgIpc) is 2.15. The third-order valence-corrected chi connectivity index (χ3v) is 1.69. The van der Waals surface area contributed by atoms with Crippen LogP contribution in [0.15, 0.2) is 29.3 Å². The molecule has 0 aliphatic heterocycles. The van der Waals surface area contributed by atoms with Gasteiger partial charge < -0.3 is 5.73 Å². The van der Waals surface area contributed by atoms with Gasteiger partial charge in [0.1, 0.15) is 0 Å².